The van der Waals surface area contributed by atoms with E-state index >= 15 is 0 Å². The van der Waals surface area contributed by atoms with E-state index in [4.69, 9.17) is 20.6 Å². The van der Waals surface area contributed by atoms with Crippen molar-refractivity contribution in [1.29, 1.82) is 0 Å². The monoisotopic (exact) mass is 1050 g/mol. The summed E-state index contributed by atoms with van der Waals surface area (Å²) in [5, 5.41) is 0. The van der Waals surface area contributed by atoms with Crippen LogP contribution in [0.2, 0.25) is 75.5 Å². The van der Waals surface area contributed by atoms with E-state index < -0.39 is 51.4 Å². The molecule has 13 heteroatoms. The minimum absolute atomic E-state index is 0.772. The Balaban J connectivity index is 7.09. The van der Waals surface area contributed by atoms with Crippen molar-refractivity contribution in [2.45, 2.75) is 348 Å². The van der Waals surface area contributed by atoms with Gasteiger partial charge in [0.05, 0.1) is 0 Å². The van der Waals surface area contributed by atoms with Crippen molar-refractivity contribution in [2.75, 3.05) is 0 Å². The summed E-state index contributed by atoms with van der Waals surface area (Å²) in [6.07, 6.45) is 43.9. The molecular weight excluding hydrogens is 929 g/mol. The van der Waals surface area contributed by atoms with Gasteiger partial charge in [0, 0.05) is 0 Å². The molecule has 6 unspecified atom stereocenters. The molecule has 0 aliphatic carbocycles. The third-order valence-electron chi connectivity index (χ3n) is 14.1. The number of unbranched alkanes of at least 4 members (excludes halogenated alkanes) is 30. The molecule has 0 aromatic heterocycles. The lowest BCUT2D eigenvalue weighted by molar-refractivity contribution is 0.244. The van der Waals surface area contributed by atoms with Gasteiger partial charge in [-0.05, 0) is 75.5 Å². The molecule has 0 bridgehead atoms. The second-order valence-electron chi connectivity index (χ2n) is 22.5. The Bertz CT molecular complexity index is 1030. The lowest BCUT2D eigenvalue weighted by Gasteiger charge is -2.46. The van der Waals surface area contributed by atoms with Crippen molar-refractivity contribution in [1.82, 2.24) is 0 Å². The van der Waals surface area contributed by atoms with Crippen molar-refractivity contribution in [2.24, 2.45) is 0 Å². The van der Waals surface area contributed by atoms with Crippen LogP contribution in [0.25, 0.3) is 0 Å². The van der Waals surface area contributed by atoms with E-state index in [9.17, 15) is 9.59 Å². The summed E-state index contributed by atoms with van der Waals surface area (Å²) in [4.78, 5) is 24.4. The minimum Gasteiger partial charge on any atom is -0.416 e. The molecule has 0 aromatic carbocycles. The Morgan fingerprint density at radius 3 is 0.552 bits per heavy atom. The molecule has 2 N–H and O–H groups in total. The van der Waals surface area contributed by atoms with Crippen LogP contribution in [0, 0.1) is 0 Å². The normalized spacial score (nSPS) is 17.6. The van der Waals surface area contributed by atoms with Crippen LogP contribution in [-0.2, 0) is 20.6 Å². The van der Waals surface area contributed by atoms with Gasteiger partial charge in [-0.15, -0.1) is 0 Å². The SMILES string of the molecule is CCCCCCCC[Si](C)(O)O[Si](C)(CCCCCCCC)O[Si](C)(CCCCCCCC)O[Si](C)(CCCCCCCC)O[Si](C)(CCCCCCCC)O[Si](C)(O)CCCCCCCC. The molecular formula is C54H122O7Si6. The average molecular weight is 1050 g/mol. The van der Waals surface area contributed by atoms with Gasteiger partial charge in [-0.3, -0.25) is 0 Å². The van der Waals surface area contributed by atoms with Crippen molar-refractivity contribution in [3.05, 3.63) is 0 Å². The highest BCUT2D eigenvalue weighted by atomic mass is 28.5. The summed E-state index contributed by atoms with van der Waals surface area (Å²) in [5.41, 5.74) is 0. The summed E-state index contributed by atoms with van der Waals surface area (Å²) in [5.74, 6) is 0. The van der Waals surface area contributed by atoms with Gasteiger partial charge < -0.3 is 30.2 Å². The van der Waals surface area contributed by atoms with Crippen LogP contribution >= 0.6 is 0 Å². The molecule has 0 saturated carbocycles. The van der Waals surface area contributed by atoms with Crippen molar-refractivity contribution in [3.8, 4) is 0 Å². The second kappa shape index (κ2) is 41.4. The Morgan fingerprint density at radius 2 is 0.358 bits per heavy atom. The fourth-order valence-electron chi connectivity index (χ4n) is 10.3. The maximum Gasteiger partial charge on any atom is 0.323 e. The lowest BCUT2D eigenvalue weighted by atomic mass is 10.1. The largest absolute Gasteiger partial charge is 0.416 e. The van der Waals surface area contributed by atoms with Crippen LogP contribution in [0.5, 0.6) is 0 Å². The van der Waals surface area contributed by atoms with Crippen LogP contribution in [0.3, 0.4) is 0 Å². The summed E-state index contributed by atoms with van der Waals surface area (Å²) < 4.78 is 37.9. The fourth-order valence-corrected chi connectivity index (χ4v) is 40.3. The maximum atomic E-state index is 12.2. The van der Waals surface area contributed by atoms with Crippen LogP contribution in [0.1, 0.15) is 273 Å². The molecule has 0 aliphatic rings. The van der Waals surface area contributed by atoms with Crippen LogP contribution in [-0.4, -0.2) is 61.0 Å². The first-order valence-corrected chi connectivity index (χ1v) is 45.1. The van der Waals surface area contributed by atoms with Gasteiger partial charge in [-0.25, -0.2) is 0 Å². The standard InChI is InChI=1S/C54H122O7Si6/c1-13-19-25-31-37-43-49-62(7,55)57-64(9,51-45-39-33-27-21-15-3)59-66(11,53-47-41-35-29-23-17-5)61-67(12,54-48-42-36-30-24-18-6)60-65(10,52-46-40-34-28-22-16-4)58-63(8,56)50-44-38-32-26-20-14-2/h55-56H,13-54H2,1-12H3. The Labute approximate surface area is 427 Å². The number of hydrogen-bond donors (Lipinski definition) is 2. The highest BCUT2D eigenvalue weighted by molar-refractivity contribution is 6.91. The molecule has 0 aliphatic heterocycles. The number of rotatable bonds is 52. The van der Waals surface area contributed by atoms with E-state index in [1.54, 1.807) is 0 Å². The third kappa shape index (κ3) is 39.2. The first kappa shape index (κ1) is 68.0. The van der Waals surface area contributed by atoms with E-state index in [1.165, 1.54) is 180 Å². The Hall–Kier alpha value is 1.02. The summed E-state index contributed by atoms with van der Waals surface area (Å²) in [7, 11) is -17.7. The molecule has 0 aromatic rings. The minimum atomic E-state index is -3.00. The van der Waals surface area contributed by atoms with Gasteiger partial charge in [-0.2, -0.15) is 0 Å². The molecule has 0 amide bonds. The van der Waals surface area contributed by atoms with E-state index in [-0.39, 0.29) is 0 Å². The van der Waals surface area contributed by atoms with Crippen molar-refractivity contribution in [3.63, 3.8) is 0 Å². The van der Waals surface area contributed by atoms with Crippen LogP contribution < -0.4 is 0 Å². The zero-order chi connectivity index (χ0) is 50.2. The zero-order valence-electron chi connectivity index (χ0n) is 47.6. The highest BCUT2D eigenvalue weighted by Crippen LogP contribution is 2.37. The smallest absolute Gasteiger partial charge is 0.323 e. The number of hydrogen-bond acceptors (Lipinski definition) is 7. The predicted molar refractivity (Wildman–Crippen MR) is 309 cm³/mol. The molecule has 0 rings (SSSR count). The van der Waals surface area contributed by atoms with E-state index in [2.05, 4.69) is 67.7 Å². The molecule has 0 radical (unpaired) electrons. The summed E-state index contributed by atoms with van der Waals surface area (Å²) >= 11 is 0. The Morgan fingerprint density at radius 1 is 0.209 bits per heavy atom. The molecule has 0 heterocycles. The fraction of sp³-hybridized carbons (Fsp3) is 1.00. The van der Waals surface area contributed by atoms with Crippen molar-refractivity contribution < 1.29 is 30.2 Å². The van der Waals surface area contributed by atoms with Gasteiger partial charge in [0.25, 0.3) is 0 Å². The van der Waals surface area contributed by atoms with Gasteiger partial charge in [0.15, 0.2) is 0 Å². The van der Waals surface area contributed by atoms with Crippen molar-refractivity contribution >= 4 is 51.4 Å². The first-order valence-electron chi connectivity index (χ1n) is 29.9. The predicted octanol–water partition coefficient (Wildman–Crippen LogP) is 19.6. The Kier molecular flexibility index (Phi) is 42.0. The highest BCUT2D eigenvalue weighted by Gasteiger charge is 2.53. The maximum absolute atomic E-state index is 12.2. The van der Waals surface area contributed by atoms with E-state index in [0.29, 0.717) is 0 Å². The van der Waals surface area contributed by atoms with E-state index in [0.717, 1.165) is 87.6 Å². The van der Waals surface area contributed by atoms with Gasteiger partial charge >= 0.3 is 51.4 Å². The molecule has 0 spiro atoms. The van der Waals surface area contributed by atoms with Gasteiger partial charge in [0.1, 0.15) is 0 Å². The molecule has 67 heavy (non-hydrogen) atoms. The van der Waals surface area contributed by atoms with E-state index in [1.807, 2.05) is 13.1 Å². The van der Waals surface area contributed by atoms with Crippen LogP contribution in [0.15, 0.2) is 0 Å². The van der Waals surface area contributed by atoms with Gasteiger partial charge in [-0.1, -0.05) is 273 Å². The quantitative estimate of drug-likeness (QED) is 0.0464. The summed E-state index contributed by atoms with van der Waals surface area (Å²) in [6, 6.07) is 5.19. The second-order valence-corrected chi connectivity index (χ2v) is 43.4. The average Bonchev–Trinajstić information content (AvgIpc) is 3.24. The molecule has 404 valence electrons. The molecule has 6 atom stereocenters. The molecule has 7 nitrogen and oxygen atoms in total. The first-order chi connectivity index (χ1) is 31.9. The lowest BCUT2D eigenvalue weighted by Crippen LogP contribution is -2.63. The summed E-state index contributed by atoms with van der Waals surface area (Å²) in [6.45, 7) is 27.1. The van der Waals surface area contributed by atoms with Crippen LogP contribution in [0.4, 0.5) is 0 Å². The van der Waals surface area contributed by atoms with Gasteiger partial charge in [0.2, 0.25) is 0 Å². The molecule has 0 saturated heterocycles. The zero-order valence-corrected chi connectivity index (χ0v) is 53.6. The topological polar surface area (TPSA) is 86.6 Å². The third-order valence-corrected chi connectivity index (χ3v) is 39.0. The molecule has 0 fully saturated rings.